The van der Waals surface area contributed by atoms with E-state index in [0.717, 1.165) is 17.4 Å². The van der Waals surface area contributed by atoms with Crippen molar-refractivity contribution in [2.45, 2.75) is 32.4 Å². The Hall–Kier alpha value is -2.67. The summed E-state index contributed by atoms with van der Waals surface area (Å²) in [6.07, 6.45) is 1.68. The van der Waals surface area contributed by atoms with E-state index in [-0.39, 0.29) is 24.1 Å². The molecule has 136 valence electrons. The smallest absolute Gasteiger partial charge is 0.331 e. The van der Waals surface area contributed by atoms with E-state index in [4.69, 9.17) is 0 Å². The summed E-state index contributed by atoms with van der Waals surface area (Å²) in [6.45, 7) is 1.85. The zero-order valence-corrected chi connectivity index (χ0v) is 15.6. The average Bonchev–Trinajstić information content (AvgIpc) is 3.12. The third kappa shape index (κ3) is 3.77. The first-order chi connectivity index (χ1) is 12.5. The van der Waals surface area contributed by atoms with Gasteiger partial charge >= 0.3 is 5.69 Å². The van der Waals surface area contributed by atoms with Gasteiger partial charge < -0.3 is 5.32 Å². The van der Waals surface area contributed by atoms with Crippen LogP contribution >= 0.6 is 11.3 Å². The molecular weight excluding hydrogens is 350 g/mol. The molecule has 2 heterocycles. The molecule has 0 unspecified atom stereocenters. The molecule has 0 aliphatic carbocycles. The highest BCUT2D eigenvalue weighted by Gasteiger charge is 2.15. The molecule has 1 aromatic carbocycles. The molecule has 0 aliphatic heterocycles. The molecule has 2 aromatic heterocycles. The van der Waals surface area contributed by atoms with Crippen molar-refractivity contribution in [3.05, 3.63) is 68.2 Å². The van der Waals surface area contributed by atoms with E-state index in [2.05, 4.69) is 17.4 Å². The van der Waals surface area contributed by atoms with Crippen molar-refractivity contribution in [3.8, 4) is 0 Å². The second-order valence-corrected chi connectivity index (χ2v) is 7.28. The molecule has 7 heteroatoms. The van der Waals surface area contributed by atoms with E-state index in [9.17, 15) is 14.4 Å². The van der Waals surface area contributed by atoms with Crippen LogP contribution < -0.4 is 16.6 Å². The number of nitrogens with one attached hydrogen (secondary N) is 1. The summed E-state index contributed by atoms with van der Waals surface area (Å²) in [4.78, 5) is 36.9. The lowest BCUT2D eigenvalue weighted by atomic mass is 10.1. The molecule has 3 rings (SSSR count). The Bertz CT molecular complexity index is 1030. The number of fused-ring (bicyclic) bond motifs is 1. The van der Waals surface area contributed by atoms with Gasteiger partial charge in [-0.15, -0.1) is 11.3 Å². The number of amides is 1. The number of aryl methyl sites for hydroxylation is 1. The largest absolute Gasteiger partial charge is 0.352 e. The fourth-order valence-corrected chi connectivity index (χ4v) is 3.79. The van der Waals surface area contributed by atoms with Crippen molar-refractivity contribution in [3.63, 3.8) is 0 Å². The van der Waals surface area contributed by atoms with E-state index in [1.165, 1.54) is 28.5 Å². The third-order valence-corrected chi connectivity index (χ3v) is 5.26. The summed E-state index contributed by atoms with van der Waals surface area (Å²) in [5.74, 6) is -0.237. The Morgan fingerprint density at radius 3 is 2.65 bits per heavy atom. The monoisotopic (exact) mass is 371 g/mol. The molecule has 0 spiro atoms. The minimum atomic E-state index is -0.479. The van der Waals surface area contributed by atoms with Crippen LogP contribution in [0.5, 0.6) is 0 Å². The van der Waals surface area contributed by atoms with Gasteiger partial charge in [0.15, 0.2) is 0 Å². The Kier molecular flexibility index (Phi) is 5.37. The minimum absolute atomic E-state index is 0.0103. The van der Waals surface area contributed by atoms with Crippen LogP contribution in [0.2, 0.25) is 0 Å². The van der Waals surface area contributed by atoms with E-state index >= 15 is 0 Å². The number of hydrogen-bond donors (Lipinski definition) is 1. The zero-order chi connectivity index (χ0) is 18.7. The highest BCUT2D eigenvalue weighted by atomic mass is 32.1. The van der Waals surface area contributed by atoms with Crippen molar-refractivity contribution in [2.75, 3.05) is 0 Å². The highest BCUT2D eigenvalue weighted by molar-refractivity contribution is 7.17. The van der Waals surface area contributed by atoms with Gasteiger partial charge in [-0.3, -0.25) is 18.7 Å². The van der Waals surface area contributed by atoms with Crippen molar-refractivity contribution < 1.29 is 4.79 Å². The standard InChI is InChI=1S/C19H21N3O3S/c1-13(8-9-14-6-4-3-5-7-14)20-16(23)12-22-15-10-11-26-17(15)18(24)21(2)19(22)25/h3-7,10-11,13H,8-9,12H2,1-2H3,(H,20,23)/t13-/m1/s1. The number of benzene rings is 1. The molecule has 0 saturated carbocycles. The molecule has 1 atom stereocenters. The minimum Gasteiger partial charge on any atom is -0.352 e. The van der Waals surface area contributed by atoms with E-state index < -0.39 is 5.69 Å². The molecule has 0 fully saturated rings. The predicted molar refractivity (Wildman–Crippen MR) is 104 cm³/mol. The fraction of sp³-hybridized carbons (Fsp3) is 0.316. The van der Waals surface area contributed by atoms with Gasteiger partial charge in [0.2, 0.25) is 5.91 Å². The van der Waals surface area contributed by atoms with Crippen LogP contribution in [0, 0.1) is 0 Å². The molecule has 1 N–H and O–H groups in total. The molecule has 1 amide bonds. The molecular formula is C19H21N3O3S. The number of carbonyl (C=O) groups excluding carboxylic acids is 1. The van der Waals surface area contributed by atoms with Gasteiger partial charge in [-0.25, -0.2) is 4.79 Å². The molecule has 0 bridgehead atoms. The van der Waals surface area contributed by atoms with Gasteiger partial charge in [-0.1, -0.05) is 30.3 Å². The molecule has 3 aromatic rings. The van der Waals surface area contributed by atoms with Crippen molar-refractivity contribution in [1.82, 2.24) is 14.5 Å². The second-order valence-electron chi connectivity index (χ2n) is 6.36. The van der Waals surface area contributed by atoms with Gasteiger partial charge in [-0.2, -0.15) is 0 Å². The molecule has 6 nitrogen and oxygen atoms in total. The normalized spacial score (nSPS) is 12.2. The van der Waals surface area contributed by atoms with Crippen LogP contribution in [0.3, 0.4) is 0 Å². The van der Waals surface area contributed by atoms with Crippen LogP contribution in [-0.2, 0) is 24.8 Å². The van der Waals surface area contributed by atoms with Gasteiger partial charge in [0.25, 0.3) is 5.56 Å². The first kappa shape index (κ1) is 18.1. The Morgan fingerprint density at radius 1 is 1.19 bits per heavy atom. The first-order valence-corrected chi connectivity index (χ1v) is 9.35. The lowest BCUT2D eigenvalue weighted by molar-refractivity contribution is -0.122. The summed E-state index contributed by atoms with van der Waals surface area (Å²) in [7, 11) is 1.43. The number of carbonyl (C=O) groups is 1. The van der Waals surface area contributed by atoms with Crippen LogP contribution in [0.1, 0.15) is 18.9 Å². The van der Waals surface area contributed by atoms with Gasteiger partial charge in [0.1, 0.15) is 11.2 Å². The van der Waals surface area contributed by atoms with Gasteiger partial charge in [0, 0.05) is 13.1 Å². The second kappa shape index (κ2) is 7.70. The summed E-state index contributed by atoms with van der Waals surface area (Å²) in [5, 5.41) is 4.69. The number of aromatic nitrogens is 2. The lowest BCUT2D eigenvalue weighted by Crippen LogP contribution is -2.42. The van der Waals surface area contributed by atoms with Crippen LogP contribution in [0.4, 0.5) is 0 Å². The summed E-state index contributed by atoms with van der Waals surface area (Å²) < 4.78 is 2.88. The van der Waals surface area contributed by atoms with Crippen LogP contribution in [0.25, 0.3) is 10.2 Å². The predicted octanol–water partition coefficient (Wildman–Crippen LogP) is 1.90. The van der Waals surface area contributed by atoms with E-state index in [1.807, 2.05) is 25.1 Å². The van der Waals surface area contributed by atoms with Crippen molar-refractivity contribution >= 4 is 27.5 Å². The van der Waals surface area contributed by atoms with Crippen LogP contribution in [0.15, 0.2) is 51.4 Å². The summed E-state index contributed by atoms with van der Waals surface area (Å²) >= 11 is 1.27. The van der Waals surface area contributed by atoms with E-state index in [0.29, 0.717) is 10.2 Å². The Labute approximate surface area is 154 Å². The maximum atomic E-state index is 12.4. The summed E-state index contributed by atoms with van der Waals surface area (Å²) in [5.41, 5.74) is 0.930. The number of hydrogen-bond acceptors (Lipinski definition) is 4. The topological polar surface area (TPSA) is 73.1 Å². The number of rotatable bonds is 6. The molecule has 0 aliphatic rings. The maximum absolute atomic E-state index is 12.4. The Balaban J connectivity index is 1.69. The highest BCUT2D eigenvalue weighted by Crippen LogP contribution is 2.14. The number of nitrogens with zero attached hydrogens (tertiary/aromatic N) is 2. The van der Waals surface area contributed by atoms with E-state index in [1.54, 1.807) is 11.4 Å². The van der Waals surface area contributed by atoms with Crippen molar-refractivity contribution in [1.29, 1.82) is 0 Å². The van der Waals surface area contributed by atoms with Gasteiger partial charge in [0.05, 0.1) is 5.52 Å². The fourth-order valence-electron chi connectivity index (χ4n) is 2.92. The third-order valence-electron chi connectivity index (χ3n) is 4.37. The van der Waals surface area contributed by atoms with Gasteiger partial charge in [-0.05, 0) is 36.8 Å². The zero-order valence-electron chi connectivity index (χ0n) is 14.8. The quantitative estimate of drug-likeness (QED) is 0.719. The maximum Gasteiger partial charge on any atom is 0.331 e. The first-order valence-electron chi connectivity index (χ1n) is 8.47. The average molecular weight is 371 g/mol. The Morgan fingerprint density at radius 2 is 1.92 bits per heavy atom. The molecule has 26 heavy (non-hydrogen) atoms. The SMILES string of the molecule is C[C@H](CCc1ccccc1)NC(=O)Cn1c(=O)n(C)c(=O)c2sccc21. The van der Waals surface area contributed by atoms with Crippen LogP contribution in [-0.4, -0.2) is 21.1 Å². The van der Waals surface area contributed by atoms with Crippen molar-refractivity contribution in [2.24, 2.45) is 7.05 Å². The molecule has 0 radical (unpaired) electrons. The summed E-state index contributed by atoms with van der Waals surface area (Å²) in [6, 6.07) is 11.8. The number of thiophene rings is 1. The lowest BCUT2D eigenvalue weighted by Gasteiger charge is -2.15. The molecule has 0 saturated heterocycles.